The van der Waals surface area contributed by atoms with Crippen molar-refractivity contribution < 1.29 is 114 Å². The van der Waals surface area contributed by atoms with E-state index in [0.29, 0.717) is 258 Å². The van der Waals surface area contributed by atoms with Gasteiger partial charge in [-0.1, -0.05) is 78.9 Å². The van der Waals surface area contributed by atoms with Crippen molar-refractivity contribution in [2.24, 2.45) is 0 Å². The van der Waals surface area contributed by atoms with Crippen LogP contribution in [0, 0.1) is 0 Å². The predicted octanol–water partition coefficient (Wildman–Crippen LogP) is 5.87. The van der Waals surface area contributed by atoms with Crippen molar-refractivity contribution >= 4 is 187 Å². The second-order valence-electron chi connectivity index (χ2n) is 21.5. The number of hydrogen-bond donors (Lipinski definition) is 8. The highest BCUT2D eigenvalue weighted by molar-refractivity contribution is 14.1. The summed E-state index contributed by atoms with van der Waals surface area (Å²) in [6, 6.07) is 11.6. The molecule has 0 unspecified atom stereocenters. The molecular formula is C72H122I2N8O24S6. The van der Waals surface area contributed by atoms with Crippen LogP contribution in [0.25, 0.3) is 0 Å². The van der Waals surface area contributed by atoms with Crippen LogP contribution in [0.3, 0.4) is 0 Å². The maximum atomic E-state index is 11.7. The summed E-state index contributed by atoms with van der Waals surface area (Å²) in [7, 11) is 6.41. The molecule has 112 heavy (non-hydrogen) atoms. The Hall–Kier alpha value is -3.78. The number of halogens is 2. The van der Waals surface area contributed by atoms with E-state index in [1.54, 1.807) is 55.6 Å². The third-order valence-corrected chi connectivity index (χ3v) is 18.7. The standard InChI is InChI=1S/C17H26N2O4S2.C15H22N2O4S2.C11H20INO4.C11H21NO4S.C9H16INO4.C9H17NO4S/c20-10-5-12-23-14-13-22-11-4-3-8-18-16(21)7-15-24-25-17-6-1-2-9-19-17;18-8-3-9-20-11-12-21-10-7-16-14(19)5-13-22-23-15-4-1-2-6-17-15;12-10-11(15)13-4-1-2-6-16-8-9-17-7-3-5-14;13-5-3-7-16-9-8-15-6-2-1-4-12-11(14)10-17;10-8-9(13)11-2-5-15-7-6-14-4-1-3-12;11-3-1-4-13-6-7-14-5-2-10-9(12)8-15/h1-2,6,9-10H,3-5,7-8,11-15H2,(H,18,21);1-2,4,6,8H,3,5,7,9-13H2,(H,16,19);5H,1-4,6-10H2,(H,13,15);5,17H,1-4,6-10H2,(H,12,14);3H,1-2,4-8H2,(H,11,13);3,15H,1-2,4-8H2,(H,10,12). The lowest BCUT2D eigenvalue weighted by atomic mass is 10.3. The second-order valence-corrected chi connectivity index (χ2v) is 28.6. The van der Waals surface area contributed by atoms with Gasteiger partial charge in [-0.2, -0.15) is 25.3 Å². The van der Waals surface area contributed by atoms with Crippen LogP contribution in [-0.2, 0) is 114 Å². The van der Waals surface area contributed by atoms with Crippen molar-refractivity contribution in [3.8, 4) is 0 Å². The lowest BCUT2D eigenvalue weighted by Gasteiger charge is -2.06. The predicted molar refractivity (Wildman–Crippen MR) is 459 cm³/mol. The highest BCUT2D eigenvalue weighted by Crippen LogP contribution is 2.30. The molecule has 0 spiro atoms. The molecule has 0 bridgehead atoms. The van der Waals surface area contributed by atoms with Crippen LogP contribution in [0.2, 0.25) is 0 Å². The number of alkyl halides is 2. The maximum absolute atomic E-state index is 11.7. The number of hydrogen-bond acceptors (Lipinski definition) is 32. The van der Waals surface area contributed by atoms with Crippen molar-refractivity contribution in [2.75, 3.05) is 230 Å². The fourth-order valence-corrected chi connectivity index (χ4v) is 11.3. The summed E-state index contributed by atoms with van der Waals surface area (Å²) in [4.78, 5) is 135. The van der Waals surface area contributed by atoms with Gasteiger partial charge in [0.05, 0.1) is 159 Å². The van der Waals surface area contributed by atoms with Crippen LogP contribution in [0.1, 0.15) is 89.9 Å². The van der Waals surface area contributed by atoms with Crippen LogP contribution in [0.5, 0.6) is 0 Å². The number of nitrogens with one attached hydrogen (secondary N) is 6. The SMILES string of the molecule is O=CCCOCCOCCCCNC(=O)CCSSc1ccccn1.O=CCCOCCOCCCCNC(=O)CI.O=CCCOCCOCCCCNC(=O)CS.O=CCCOCCOCCNC(=O)CCSSc1ccccn1.O=CCCOCCOCCNC(=O)CI.O=CCCOCCOCCNC(=O)CS. The quantitative estimate of drug-likeness (QED) is 0.00958. The normalized spacial score (nSPS) is 10.2. The fourth-order valence-electron chi connectivity index (χ4n) is 6.83. The monoisotopic (exact) mass is 1930 g/mol. The first-order chi connectivity index (χ1) is 54.9. The molecule has 6 amide bonds. The Morgan fingerprint density at radius 3 is 0.812 bits per heavy atom. The van der Waals surface area contributed by atoms with Crippen molar-refractivity contribution in [3.05, 3.63) is 48.8 Å². The van der Waals surface area contributed by atoms with Crippen molar-refractivity contribution in [2.45, 2.75) is 99.9 Å². The summed E-state index contributed by atoms with van der Waals surface area (Å²) in [5, 5.41) is 18.5. The molecule has 32 nitrogen and oxygen atoms in total. The third-order valence-electron chi connectivity index (χ3n) is 12.2. The molecule has 0 saturated carbocycles. The van der Waals surface area contributed by atoms with Gasteiger partial charge in [-0.05, 0) is 84.4 Å². The lowest BCUT2D eigenvalue weighted by Crippen LogP contribution is -2.28. The number of pyridine rings is 2. The molecule has 0 aromatic carbocycles. The number of rotatable bonds is 74. The van der Waals surface area contributed by atoms with E-state index in [2.05, 4.69) is 67.1 Å². The number of unbranched alkanes of at least 4 members (excludes halogenated alkanes) is 3. The molecule has 0 atom stereocenters. The molecule has 0 aliphatic heterocycles. The first-order valence-corrected chi connectivity index (χ1v) is 45.7. The Morgan fingerprint density at radius 1 is 0.312 bits per heavy atom. The van der Waals surface area contributed by atoms with Gasteiger partial charge in [-0.15, -0.1) is 0 Å². The first-order valence-electron chi connectivity index (χ1n) is 36.8. The van der Waals surface area contributed by atoms with Crippen molar-refractivity contribution in [3.63, 3.8) is 0 Å². The van der Waals surface area contributed by atoms with E-state index < -0.39 is 0 Å². The molecule has 644 valence electrons. The average molecular weight is 1930 g/mol. The van der Waals surface area contributed by atoms with E-state index in [4.69, 9.17) is 56.8 Å². The highest BCUT2D eigenvalue weighted by Gasteiger charge is 2.06. The zero-order valence-electron chi connectivity index (χ0n) is 64.4. The Bertz CT molecular complexity index is 2400. The van der Waals surface area contributed by atoms with Gasteiger partial charge in [0.2, 0.25) is 35.4 Å². The number of thiol groups is 2. The van der Waals surface area contributed by atoms with E-state index >= 15 is 0 Å². The number of ether oxygens (including phenoxy) is 12. The van der Waals surface area contributed by atoms with Gasteiger partial charge in [0, 0.05) is 134 Å². The summed E-state index contributed by atoms with van der Waals surface area (Å²) in [6.45, 7) is 15.6. The Balaban J connectivity index is -0.000000632. The fraction of sp³-hybridized carbons (Fsp3) is 0.694. The minimum atomic E-state index is -0.107. The third kappa shape index (κ3) is 104. The van der Waals surface area contributed by atoms with Crippen molar-refractivity contribution in [1.82, 2.24) is 41.9 Å². The number of amides is 6. The second kappa shape index (κ2) is 103. The summed E-state index contributed by atoms with van der Waals surface area (Å²) in [6.07, 6.45) is 17.5. The molecule has 0 radical (unpaired) electrons. The molecular weight excluding hydrogens is 1810 g/mol. The number of aromatic nitrogens is 2. The van der Waals surface area contributed by atoms with Gasteiger partial charge >= 0.3 is 0 Å². The minimum Gasteiger partial charge on any atom is -0.379 e. The van der Waals surface area contributed by atoms with Gasteiger partial charge < -0.3 is 118 Å². The van der Waals surface area contributed by atoms with Gasteiger partial charge in [-0.3, -0.25) is 28.8 Å². The van der Waals surface area contributed by atoms with Crippen LogP contribution in [-0.4, -0.2) is 313 Å². The Kier molecular flexibility index (Phi) is 106. The lowest BCUT2D eigenvalue weighted by molar-refractivity contribution is -0.121. The Morgan fingerprint density at radius 2 is 0.554 bits per heavy atom. The molecule has 0 saturated heterocycles. The van der Waals surface area contributed by atoms with Crippen LogP contribution < -0.4 is 31.9 Å². The molecule has 2 rings (SSSR count). The van der Waals surface area contributed by atoms with Crippen LogP contribution in [0.4, 0.5) is 0 Å². The Labute approximate surface area is 715 Å². The molecule has 2 heterocycles. The minimum absolute atomic E-state index is 0.0152. The summed E-state index contributed by atoms with van der Waals surface area (Å²) in [5.41, 5.74) is 0. The van der Waals surface area contributed by atoms with Gasteiger partial charge in [0.25, 0.3) is 0 Å². The summed E-state index contributed by atoms with van der Waals surface area (Å²) < 4.78 is 63.4. The topological polar surface area (TPSA) is 414 Å². The van der Waals surface area contributed by atoms with E-state index in [9.17, 15) is 57.5 Å². The van der Waals surface area contributed by atoms with Crippen LogP contribution >= 0.6 is 114 Å². The first kappa shape index (κ1) is 115. The summed E-state index contributed by atoms with van der Waals surface area (Å²) in [5.74, 6) is 1.96. The molecule has 2 aromatic rings. The maximum Gasteiger partial charge on any atom is 0.229 e. The van der Waals surface area contributed by atoms with E-state index in [1.807, 2.05) is 81.6 Å². The van der Waals surface area contributed by atoms with Gasteiger partial charge in [0.1, 0.15) is 47.8 Å². The molecule has 40 heteroatoms. The molecule has 0 aliphatic rings. The zero-order chi connectivity index (χ0) is 82.8. The molecule has 0 aliphatic carbocycles. The van der Waals surface area contributed by atoms with E-state index in [0.717, 1.165) is 97.8 Å². The number of carbonyl (C=O) groups is 12. The highest BCUT2D eigenvalue weighted by atomic mass is 127. The number of nitrogens with zero attached hydrogens (tertiary/aromatic N) is 2. The van der Waals surface area contributed by atoms with E-state index in [-0.39, 0.29) is 46.9 Å². The largest absolute Gasteiger partial charge is 0.379 e. The number of carbonyl (C=O) groups excluding carboxylic acids is 12. The zero-order valence-corrected chi connectivity index (χ0v) is 73.8. The van der Waals surface area contributed by atoms with Gasteiger partial charge in [0.15, 0.2) is 0 Å². The molecule has 6 N–H and O–H groups in total. The molecule has 0 fully saturated rings. The van der Waals surface area contributed by atoms with Gasteiger partial charge in [-0.25, -0.2) is 9.97 Å². The van der Waals surface area contributed by atoms with Crippen molar-refractivity contribution in [1.29, 1.82) is 0 Å². The average Bonchev–Trinajstić information content (AvgIpc) is 0.986. The smallest absolute Gasteiger partial charge is 0.229 e. The van der Waals surface area contributed by atoms with E-state index in [1.165, 1.54) is 0 Å². The number of aldehydes is 6. The molecule has 2 aromatic heterocycles. The summed E-state index contributed by atoms with van der Waals surface area (Å²) >= 11 is 11.7. The van der Waals surface area contributed by atoms with Crippen LogP contribution in [0.15, 0.2) is 58.8 Å².